The minimum atomic E-state index is -1.33. The van der Waals surface area contributed by atoms with Crippen LogP contribution in [0.5, 0.6) is 0 Å². The van der Waals surface area contributed by atoms with Gasteiger partial charge in [-0.25, -0.2) is 4.79 Å². The molecule has 0 saturated heterocycles. The van der Waals surface area contributed by atoms with Crippen LogP contribution in [0.1, 0.15) is 31.2 Å². The maximum absolute atomic E-state index is 12.4. The zero-order valence-electron chi connectivity index (χ0n) is 14.2. The van der Waals surface area contributed by atoms with Gasteiger partial charge in [0.15, 0.2) is 5.78 Å². The molecule has 2 rings (SSSR count). The van der Waals surface area contributed by atoms with Gasteiger partial charge >= 0.3 is 12.1 Å². The first-order valence-electron chi connectivity index (χ1n) is 8.34. The zero-order valence-corrected chi connectivity index (χ0v) is 14.2. The van der Waals surface area contributed by atoms with Crippen LogP contribution in [0.3, 0.4) is 0 Å². The largest absolute Gasteiger partial charge is 0.461 e. The summed E-state index contributed by atoms with van der Waals surface area (Å²) in [6.07, 6.45) is 2.92. The van der Waals surface area contributed by atoms with E-state index in [0.717, 1.165) is 18.4 Å². The lowest BCUT2D eigenvalue weighted by atomic mass is 9.73. The van der Waals surface area contributed by atoms with Crippen LogP contribution in [0.4, 0.5) is 4.79 Å². The number of esters is 1. The van der Waals surface area contributed by atoms with Gasteiger partial charge in [-0.3, -0.25) is 9.59 Å². The van der Waals surface area contributed by atoms with Gasteiger partial charge in [-0.15, -0.1) is 0 Å². The molecular formula is C19H23NO5. The second-order valence-electron chi connectivity index (χ2n) is 6.01. The molecule has 134 valence electrons. The van der Waals surface area contributed by atoms with Crippen LogP contribution < -0.4 is 5.32 Å². The Bertz CT molecular complexity index is 628. The molecular weight excluding hydrogens is 322 g/mol. The van der Waals surface area contributed by atoms with E-state index >= 15 is 0 Å². The first-order valence-corrected chi connectivity index (χ1v) is 8.34. The van der Waals surface area contributed by atoms with Crippen LogP contribution in [-0.4, -0.2) is 31.0 Å². The monoisotopic (exact) mass is 345 g/mol. The molecule has 0 aliphatic heterocycles. The van der Waals surface area contributed by atoms with Gasteiger partial charge in [0.2, 0.25) is 0 Å². The topological polar surface area (TPSA) is 81.7 Å². The third-order valence-corrected chi connectivity index (χ3v) is 4.26. The Labute approximate surface area is 147 Å². The van der Waals surface area contributed by atoms with Crippen LogP contribution in [0.2, 0.25) is 0 Å². The van der Waals surface area contributed by atoms with Crippen molar-refractivity contribution in [2.24, 2.45) is 5.41 Å². The van der Waals surface area contributed by atoms with E-state index in [1.54, 1.807) is 0 Å². The van der Waals surface area contributed by atoms with Gasteiger partial charge in [-0.05, 0) is 18.4 Å². The predicted octanol–water partition coefficient (Wildman–Crippen LogP) is 2.77. The molecule has 1 amide bonds. The van der Waals surface area contributed by atoms with E-state index < -0.39 is 17.5 Å². The fourth-order valence-corrected chi connectivity index (χ4v) is 2.84. The lowest BCUT2D eigenvalue weighted by Gasteiger charge is -2.33. The fourth-order valence-electron chi connectivity index (χ4n) is 2.84. The van der Waals surface area contributed by atoms with Crippen LogP contribution >= 0.6 is 0 Å². The number of alkyl carbamates (subject to hydrolysis) is 1. The average Bonchev–Trinajstić information content (AvgIpc) is 2.64. The normalized spacial score (nSPS) is 19.8. The molecule has 1 saturated carbocycles. The summed E-state index contributed by atoms with van der Waals surface area (Å²) in [6.45, 7) is 3.53. The molecule has 1 N–H and O–H groups in total. The van der Waals surface area contributed by atoms with Crippen LogP contribution in [-0.2, 0) is 25.7 Å². The summed E-state index contributed by atoms with van der Waals surface area (Å²) in [5.74, 6) is -0.809. The standard InChI is InChI=1S/C19H23NO5/c1-2-12-24-17(22)19(11-7-6-10-16(19)21)14-20-18(23)25-13-15-8-4-3-5-9-15/h2-5,8-9H,1,6-7,10-14H2,(H,20,23). The lowest BCUT2D eigenvalue weighted by Crippen LogP contribution is -2.51. The number of amides is 1. The second kappa shape index (κ2) is 9.01. The maximum Gasteiger partial charge on any atom is 0.407 e. The molecule has 0 spiro atoms. The van der Waals surface area contributed by atoms with Crippen molar-refractivity contribution in [3.05, 3.63) is 48.6 Å². The third-order valence-electron chi connectivity index (χ3n) is 4.26. The molecule has 0 bridgehead atoms. The molecule has 1 atom stereocenters. The molecule has 6 heteroatoms. The Kier molecular flexibility index (Phi) is 6.74. The molecule has 0 radical (unpaired) electrons. The number of ketones is 1. The van der Waals surface area contributed by atoms with Crippen molar-refractivity contribution in [1.29, 1.82) is 0 Å². The highest BCUT2D eigenvalue weighted by molar-refractivity contribution is 6.04. The van der Waals surface area contributed by atoms with E-state index in [4.69, 9.17) is 9.47 Å². The highest BCUT2D eigenvalue weighted by Crippen LogP contribution is 2.34. The van der Waals surface area contributed by atoms with Crippen molar-refractivity contribution in [3.8, 4) is 0 Å². The summed E-state index contributed by atoms with van der Waals surface area (Å²) in [6, 6.07) is 9.25. The van der Waals surface area contributed by atoms with Crippen molar-refractivity contribution in [2.75, 3.05) is 13.2 Å². The number of hydrogen-bond acceptors (Lipinski definition) is 5. The van der Waals surface area contributed by atoms with Crippen molar-refractivity contribution < 1.29 is 23.9 Å². The van der Waals surface area contributed by atoms with E-state index in [9.17, 15) is 14.4 Å². The van der Waals surface area contributed by atoms with Crippen molar-refractivity contribution in [3.63, 3.8) is 0 Å². The molecule has 1 unspecified atom stereocenters. The molecule has 1 aromatic carbocycles. The Hall–Kier alpha value is -2.63. The van der Waals surface area contributed by atoms with Crippen molar-refractivity contribution >= 4 is 17.8 Å². The maximum atomic E-state index is 12.4. The number of hydrogen-bond donors (Lipinski definition) is 1. The molecule has 1 aromatic rings. The first-order chi connectivity index (χ1) is 12.1. The zero-order chi connectivity index (χ0) is 18.1. The number of rotatable bonds is 7. The Morgan fingerprint density at radius 3 is 2.64 bits per heavy atom. The number of ether oxygens (including phenoxy) is 2. The number of Topliss-reactive ketones (excluding diaryl/α,β-unsaturated/α-hetero) is 1. The highest BCUT2D eigenvalue weighted by Gasteiger charge is 2.48. The van der Waals surface area contributed by atoms with Crippen molar-refractivity contribution in [1.82, 2.24) is 5.32 Å². The molecule has 0 heterocycles. The molecule has 1 aliphatic rings. The van der Waals surface area contributed by atoms with Gasteiger partial charge < -0.3 is 14.8 Å². The molecule has 6 nitrogen and oxygen atoms in total. The number of nitrogens with one attached hydrogen (secondary N) is 1. The minimum Gasteiger partial charge on any atom is -0.461 e. The third kappa shape index (κ3) is 4.92. The summed E-state index contributed by atoms with van der Waals surface area (Å²) in [5.41, 5.74) is -0.473. The summed E-state index contributed by atoms with van der Waals surface area (Å²) >= 11 is 0. The number of benzene rings is 1. The van der Waals surface area contributed by atoms with Gasteiger partial charge in [0.1, 0.15) is 18.6 Å². The quantitative estimate of drug-likeness (QED) is 0.467. The Balaban J connectivity index is 1.94. The van der Waals surface area contributed by atoms with Gasteiger partial charge in [-0.2, -0.15) is 0 Å². The SMILES string of the molecule is C=CCOC(=O)C1(CNC(=O)OCc2ccccc2)CCCCC1=O. The van der Waals surface area contributed by atoms with Gasteiger partial charge in [0.05, 0.1) is 0 Å². The Morgan fingerprint density at radius 2 is 1.96 bits per heavy atom. The van der Waals surface area contributed by atoms with Crippen LogP contribution in [0.15, 0.2) is 43.0 Å². The first kappa shape index (κ1) is 18.7. The summed E-state index contributed by atoms with van der Waals surface area (Å²) in [4.78, 5) is 36.7. The molecule has 1 fully saturated rings. The fraction of sp³-hybridized carbons (Fsp3) is 0.421. The van der Waals surface area contributed by atoms with Gasteiger partial charge in [0, 0.05) is 13.0 Å². The van der Waals surface area contributed by atoms with Crippen LogP contribution in [0.25, 0.3) is 0 Å². The lowest BCUT2D eigenvalue weighted by molar-refractivity contribution is -0.161. The number of carbonyl (C=O) groups excluding carboxylic acids is 3. The van der Waals surface area contributed by atoms with Crippen LogP contribution in [0, 0.1) is 5.41 Å². The van der Waals surface area contributed by atoms with E-state index in [1.165, 1.54) is 6.08 Å². The van der Waals surface area contributed by atoms with Gasteiger partial charge in [-0.1, -0.05) is 49.4 Å². The molecule has 0 aromatic heterocycles. The minimum absolute atomic E-state index is 0.0340. The summed E-state index contributed by atoms with van der Waals surface area (Å²) in [5, 5.41) is 2.54. The van der Waals surface area contributed by atoms with E-state index in [1.807, 2.05) is 30.3 Å². The predicted molar refractivity (Wildman–Crippen MR) is 91.7 cm³/mol. The molecule has 1 aliphatic carbocycles. The van der Waals surface area contributed by atoms with Gasteiger partial charge in [0.25, 0.3) is 0 Å². The van der Waals surface area contributed by atoms with E-state index in [-0.39, 0.29) is 25.5 Å². The highest BCUT2D eigenvalue weighted by atomic mass is 16.5. The smallest absolute Gasteiger partial charge is 0.407 e. The van der Waals surface area contributed by atoms with E-state index in [0.29, 0.717) is 12.8 Å². The molecule has 25 heavy (non-hydrogen) atoms. The van der Waals surface area contributed by atoms with Crippen molar-refractivity contribution in [2.45, 2.75) is 32.3 Å². The Morgan fingerprint density at radius 1 is 1.20 bits per heavy atom. The summed E-state index contributed by atoms with van der Waals surface area (Å²) in [7, 11) is 0. The second-order valence-corrected chi connectivity index (χ2v) is 6.01. The number of carbonyl (C=O) groups is 3. The van der Waals surface area contributed by atoms with E-state index in [2.05, 4.69) is 11.9 Å². The average molecular weight is 345 g/mol. The summed E-state index contributed by atoms with van der Waals surface area (Å²) < 4.78 is 10.2.